The molecule has 1 amide bonds. The second kappa shape index (κ2) is 6.09. The van der Waals surface area contributed by atoms with Crippen LogP contribution in [0.1, 0.15) is 19.4 Å². The van der Waals surface area contributed by atoms with Crippen molar-refractivity contribution in [1.82, 2.24) is 0 Å². The number of carbonyl (C=O) groups excluding carboxylic acids is 1. The molecule has 0 aliphatic carbocycles. The third-order valence-electron chi connectivity index (χ3n) is 2.79. The van der Waals surface area contributed by atoms with E-state index in [9.17, 15) is 4.79 Å². The number of rotatable bonds is 5. The average Bonchev–Trinajstić information content (AvgIpc) is 2.34. The van der Waals surface area contributed by atoms with Gasteiger partial charge < -0.3 is 10.2 Å². The summed E-state index contributed by atoms with van der Waals surface area (Å²) in [5.74, 6) is -0.176. The van der Waals surface area contributed by atoms with Crippen LogP contribution >= 0.6 is 0 Å². The van der Waals surface area contributed by atoms with Crippen molar-refractivity contribution in [1.29, 1.82) is 0 Å². The zero-order valence-corrected chi connectivity index (χ0v) is 10.8. The van der Waals surface area contributed by atoms with Gasteiger partial charge in [-0.1, -0.05) is 12.6 Å². The number of nitrogens with one attached hydrogen (secondary N) is 1. The zero-order chi connectivity index (χ0) is 12.8. The minimum atomic E-state index is -0.176. The summed E-state index contributed by atoms with van der Waals surface area (Å²) >= 11 is 0. The van der Waals surface area contributed by atoms with Crippen LogP contribution in [-0.2, 0) is 4.79 Å². The van der Waals surface area contributed by atoms with E-state index < -0.39 is 0 Å². The molecule has 0 heterocycles. The van der Waals surface area contributed by atoms with Gasteiger partial charge in [-0.25, -0.2) is 0 Å². The second-order valence-electron chi connectivity index (χ2n) is 3.86. The maximum Gasteiger partial charge on any atom is 0.247 e. The molecule has 0 saturated heterocycles. The van der Waals surface area contributed by atoms with Crippen LogP contribution in [0.3, 0.4) is 0 Å². The largest absolute Gasteiger partial charge is 0.372 e. The first kappa shape index (κ1) is 13.3. The van der Waals surface area contributed by atoms with E-state index in [2.05, 4.69) is 36.7 Å². The quantitative estimate of drug-likeness (QED) is 0.792. The molecule has 3 nitrogen and oxygen atoms in total. The van der Waals surface area contributed by atoms with Gasteiger partial charge in [0, 0.05) is 24.5 Å². The molecule has 17 heavy (non-hydrogen) atoms. The first-order chi connectivity index (χ1) is 8.12. The molecule has 0 aliphatic heterocycles. The molecule has 0 radical (unpaired) electrons. The van der Waals surface area contributed by atoms with Crippen molar-refractivity contribution < 1.29 is 4.79 Å². The molecule has 0 bridgehead atoms. The topological polar surface area (TPSA) is 32.3 Å². The van der Waals surface area contributed by atoms with Gasteiger partial charge >= 0.3 is 0 Å². The lowest BCUT2D eigenvalue weighted by Crippen LogP contribution is -2.22. The molecular formula is C14H20N2O. The van der Waals surface area contributed by atoms with Gasteiger partial charge in [-0.05, 0) is 44.5 Å². The van der Waals surface area contributed by atoms with Gasteiger partial charge in [0.25, 0.3) is 0 Å². The lowest BCUT2D eigenvalue weighted by Gasteiger charge is -2.22. The van der Waals surface area contributed by atoms with Crippen LogP contribution in [0.4, 0.5) is 11.4 Å². The maximum absolute atomic E-state index is 11.3. The Kier molecular flexibility index (Phi) is 4.76. The SMILES string of the molecule is C=CC(=O)Nc1cc(N(CC)CC)ccc1C. The molecule has 0 spiro atoms. The molecule has 0 saturated carbocycles. The molecule has 3 heteroatoms. The molecule has 1 rings (SSSR count). The number of amides is 1. The summed E-state index contributed by atoms with van der Waals surface area (Å²) in [5, 5.41) is 2.82. The van der Waals surface area contributed by atoms with Crippen molar-refractivity contribution in [2.75, 3.05) is 23.3 Å². The number of aryl methyl sites for hydroxylation is 1. The van der Waals surface area contributed by atoms with E-state index in [4.69, 9.17) is 0 Å². The molecular weight excluding hydrogens is 212 g/mol. The Morgan fingerprint density at radius 2 is 2.06 bits per heavy atom. The monoisotopic (exact) mass is 232 g/mol. The Morgan fingerprint density at radius 3 is 2.59 bits per heavy atom. The van der Waals surface area contributed by atoms with E-state index >= 15 is 0 Å². The van der Waals surface area contributed by atoms with Gasteiger partial charge in [-0.3, -0.25) is 4.79 Å². The first-order valence-electron chi connectivity index (χ1n) is 5.91. The second-order valence-corrected chi connectivity index (χ2v) is 3.86. The van der Waals surface area contributed by atoms with Crippen LogP contribution in [0.25, 0.3) is 0 Å². The molecule has 0 fully saturated rings. The van der Waals surface area contributed by atoms with Gasteiger partial charge in [-0.15, -0.1) is 0 Å². The van der Waals surface area contributed by atoms with E-state index in [-0.39, 0.29) is 5.91 Å². The minimum Gasteiger partial charge on any atom is -0.372 e. The predicted octanol–water partition coefficient (Wildman–Crippen LogP) is 2.97. The van der Waals surface area contributed by atoms with Crippen LogP contribution in [0.5, 0.6) is 0 Å². The number of benzene rings is 1. The van der Waals surface area contributed by atoms with Crippen LogP contribution in [-0.4, -0.2) is 19.0 Å². The fraction of sp³-hybridized carbons (Fsp3) is 0.357. The summed E-state index contributed by atoms with van der Waals surface area (Å²) in [6.45, 7) is 11.6. The molecule has 0 unspecified atom stereocenters. The predicted molar refractivity (Wildman–Crippen MR) is 73.6 cm³/mol. The van der Waals surface area contributed by atoms with Crippen LogP contribution in [0.15, 0.2) is 30.9 Å². The third-order valence-corrected chi connectivity index (χ3v) is 2.79. The lowest BCUT2D eigenvalue weighted by atomic mass is 10.1. The Labute approximate surface area is 103 Å². The van der Waals surface area contributed by atoms with Crippen molar-refractivity contribution in [2.24, 2.45) is 0 Å². The van der Waals surface area contributed by atoms with Gasteiger partial charge in [0.15, 0.2) is 0 Å². The Hall–Kier alpha value is -1.77. The summed E-state index contributed by atoms with van der Waals surface area (Å²) < 4.78 is 0. The van der Waals surface area contributed by atoms with E-state index in [0.717, 1.165) is 30.0 Å². The van der Waals surface area contributed by atoms with Crippen LogP contribution in [0, 0.1) is 6.92 Å². The minimum absolute atomic E-state index is 0.176. The van der Waals surface area contributed by atoms with Crippen molar-refractivity contribution in [3.63, 3.8) is 0 Å². The van der Waals surface area contributed by atoms with Crippen molar-refractivity contribution in [2.45, 2.75) is 20.8 Å². The van der Waals surface area contributed by atoms with Gasteiger partial charge in [0.2, 0.25) is 5.91 Å². The number of anilines is 2. The van der Waals surface area contributed by atoms with Crippen molar-refractivity contribution in [3.05, 3.63) is 36.4 Å². The van der Waals surface area contributed by atoms with Gasteiger partial charge in [0.05, 0.1) is 0 Å². The Balaban J connectivity index is 3.01. The molecule has 92 valence electrons. The summed E-state index contributed by atoms with van der Waals surface area (Å²) in [6.07, 6.45) is 1.28. The summed E-state index contributed by atoms with van der Waals surface area (Å²) in [6, 6.07) is 6.10. The average molecular weight is 232 g/mol. The molecule has 0 atom stereocenters. The molecule has 1 aromatic carbocycles. The molecule has 0 aromatic heterocycles. The highest BCUT2D eigenvalue weighted by Crippen LogP contribution is 2.23. The van der Waals surface area contributed by atoms with Gasteiger partial charge in [-0.2, -0.15) is 0 Å². The zero-order valence-electron chi connectivity index (χ0n) is 10.8. The third kappa shape index (κ3) is 3.34. The molecule has 0 aliphatic rings. The number of nitrogens with zero attached hydrogens (tertiary/aromatic N) is 1. The fourth-order valence-electron chi connectivity index (χ4n) is 1.71. The summed E-state index contributed by atoms with van der Waals surface area (Å²) in [4.78, 5) is 13.5. The molecule has 1 N–H and O–H groups in total. The normalized spacial score (nSPS) is 9.82. The smallest absolute Gasteiger partial charge is 0.247 e. The van der Waals surface area contributed by atoms with E-state index in [1.54, 1.807) is 0 Å². The highest BCUT2D eigenvalue weighted by atomic mass is 16.1. The standard InChI is InChI=1S/C14H20N2O/c1-5-14(17)15-13-10-12(9-8-11(13)4)16(6-2)7-3/h5,8-10H,1,6-7H2,2-4H3,(H,15,17). The van der Waals surface area contributed by atoms with Crippen LogP contribution < -0.4 is 10.2 Å². The first-order valence-corrected chi connectivity index (χ1v) is 5.91. The number of hydrogen-bond acceptors (Lipinski definition) is 2. The Morgan fingerprint density at radius 1 is 1.41 bits per heavy atom. The number of hydrogen-bond donors (Lipinski definition) is 1. The van der Waals surface area contributed by atoms with Crippen molar-refractivity contribution >= 4 is 17.3 Å². The lowest BCUT2D eigenvalue weighted by molar-refractivity contribution is -0.111. The van der Waals surface area contributed by atoms with Crippen molar-refractivity contribution in [3.8, 4) is 0 Å². The highest BCUT2D eigenvalue weighted by Gasteiger charge is 2.06. The Bertz CT molecular complexity index is 409. The van der Waals surface area contributed by atoms with Crippen LogP contribution in [0.2, 0.25) is 0 Å². The fourth-order valence-corrected chi connectivity index (χ4v) is 1.71. The maximum atomic E-state index is 11.3. The van der Waals surface area contributed by atoms with E-state index in [0.29, 0.717) is 0 Å². The van der Waals surface area contributed by atoms with E-state index in [1.165, 1.54) is 6.08 Å². The van der Waals surface area contributed by atoms with Gasteiger partial charge in [0.1, 0.15) is 0 Å². The number of carbonyl (C=O) groups is 1. The van der Waals surface area contributed by atoms with E-state index in [1.807, 2.05) is 19.1 Å². The summed E-state index contributed by atoms with van der Waals surface area (Å²) in [7, 11) is 0. The molecule has 1 aromatic rings. The summed E-state index contributed by atoms with van der Waals surface area (Å²) in [5.41, 5.74) is 3.02. The highest BCUT2D eigenvalue weighted by molar-refractivity contribution is 5.99.